The van der Waals surface area contributed by atoms with E-state index in [9.17, 15) is 9.59 Å². The molecule has 0 saturated carbocycles. The van der Waals surface area contributed by atoms with Crippen LogP contribution in [-0.4, -0.2) is 36.6 Å². The van der Waals surface area contributed by atoms with E-state index in [1.165, 1.54) is 4.57 Å². The highest BCUT2D eigenvalue weighted by Gasteiger charge is 2.13. The van der Waals surface area contributed by atoms with Crippen LogP contribution in [0.3, 0.4) is 0 Å². The van der Waals surface area contributed by atoms with Gasteiger partial charge in [0, 0.05) is 52.3 Å². The van der Waals surface area contributed by atoms with Crippen LogP contribution in [-0.2, 0) is 22.6 Å². The predicted octanol–water partition coefficient (Wildman–Crippen LogP) is 1.21. The maximum Gasteiger partial charge on any atom is 0.330 e. The molecule has 0 N–H and O–H groups in total. The zero-order chi connectivity index (χ0) is 15.8. The summed E-state index contributed by atoms with van der Waals surface area (Å²) in [7, 11) is 3.24. The molecule has 1 aromatic rings. The van der Waals surface area contributed by atoms with Gasteiger partial charge in [-0.2, -0.15) is 0 Å². The van der Waals surface area contributed by atoms with Gasteiger partial charge in [0.05, 0.1) is 0 Å². The van der Waals surface area contributed by atoms with Crippen molar-refractivity contribution in [1.82, 2.24) is 9.13 Å². The average Bonchev–Trinajstić information content (AvgIpc) is 2.44. The minimum Gasteiger partial charge on any atom is -0.385 e. The molecule has 0 saturated heterocycles. The summed E-state index contributed by atoms with van der Waals surface area (Å²) in [6.07, 6.45) is 3.08. The van der Waals surface area contributed by atoms with Gasteiger partial charge in [0.15, 0.2) is 0 Å². The van der Waals surface area contributed by atoms with E-state index >= 15 is 0 Å². The maximum atomic E-state index is 12.4. The van der Waals surface area contributed by atoms with Crippen molar-refractivity contribution >= 4 is 0 Å². The lowest BCUT2D eigenvalue weighted by molar-refractivity contribution is 0.187. The molecular weight excluding hydrogens is 272 g/mol. The number of methoxy groups -OCH3 is 2. The van der Waals surface area contributed by atoms with Gasteiger partial charge in [0.25, 0.3) is 5.56 Å². The number of aryl methyl sites for hydroxylation is 1. The monoisotopic (exact) mass is 298 g/mol. The summed E-state index contributed by atoms with van der Waals surface area (Å²) in [5.41, 5.74) is 0.232. The topological polar surface area (TPSA) is 62.5 Å². The van der Waals surface area contributed by atoms with Crippen molar-refractivity contribution in [3.8, 4) is 0 Å². The third-order valence-electron chi connectivity index (χ3n) is 3.36. The minimum absolute atomic E-state index is 0.0838. The molecule has 0 radical (unpaired) electrons. The molecule has 0 unspecified atom stereocenters. The Labute approximate surface area is 125 Å². The van der Waals surface area contributed by atoms with E-state index in [1.54, 1.807) is 25.0 Å². The van der Waals surface area contributed by atoms with Gasteiger partial charge >= 0.3 is 5.69 Å². The zero-order valence-electron chi connectivity index (χ0n) is 13.4. The van der Waals surface area contributed by atoms with Gasteiger partial charge in [-0.25, -0.2) is 4.79 Å². The first-order valence-electron chi connectivity index (χ1n) is 7.35. The third kappa shape index (κ3) is 4.82. The highest BCUT2D eigenvalue weighted by Crippen LogP contribution is 2.07. The van der Waals surface area contributed by atoms with E-state index in [0.717, 1.165) is 6.42 Å². The molecule has 1 rings (SSSR count). The van der Waals surface area contributed by atoms with Crippen molar-refractivity contribution in [1.29, 1.82) is 0 Å². The Hall–Kier alpha value is -1.40. The summed E-state index contributed by atoms with van der Waals surface area (Å²) >= 11 is 0. The summed E-state index contributed by atoms with van der Waals surface area (Å²) in [5.74, 6) is 0.0838. The lowest BCUT2D eigenvalue weighted by Gasteiger charge is -2.14. The molecule has 0 bridgehead atoms. The summed E-state index contributed by atoms with van der Waals surface area (Å²) in [6, 6.07) is 0. The fraction of sp³-hybridized carbons (Fsp3) is 0.733. The van der Waals surface area contributed by atoms with E-state index in [4.69, 9.17) is 9.47 Å². The Morgan fingerprint density at radius 3 is 2.14 bits per heavy atom. The summed E-state index contributed by atoms with van der Waals surface area (Å²) in [5, 5.41) is 0. The molecule has 6 heteroatoms. The molecular formula is C15H26N2O4. The lowest BCUT2D eigenvalue weighted by Crippen LogP contribution is -2.42. The fourth-order valence-electron chi connectivity index (χ4n) is 2.18. The Morgan fingerprint density at radius 2 is 1.62 bits per heavy atom. The first kappa shape index (κ1) is 17.7. The second-order valence-corrected chi connectivity index (χ2v) is 5.36. The minimum atomic E-state index is -0.253. The fourth-order valence-corrected chi connectivity index (χ4v) is 2.18. The molecule has 6 nitrogen and oxygen atoms in total. The zero-order valence-corrected chi connectivity index (χ0v) is 13.4. The molecule has 21 heavy (non-hydrogen) atoms. The molecule has 1 aromatic heterocycles. The van der Waals surface area contributed by atoms with Gasteiger partial charge in [-0.15, -0.1) is 0 Å². The second-order valence-electron chi connectivity index (χ2n) is 5.36. The second kappa shape index (κ2) is 8.79. The number of rotatable bonds is 9. The molecule has 0 spiro atoms. The first-order valence-corrected chi connectivity index (χ1v) is 7.35. The maximum absolute atomic E-state index is 12.4. The first-order chi connectivity index (χ1) is 10.0. The largest absolute Gasteiger partial charge is 0.385 e. The standard InChI is InChI=1S/C15H26N2O4/c1-12(2)13-11-16(7-5-9-20-3)15(19)17(14(13)18)8-6-10-21-4/h11-12H,5-10H2,1-4H3. The van der Waals surface area contributed by atoms with Crippen LogP contribution in [0.15, 0.2) is 15.8 Å². The van der Waals surface area contributed by atoms with Crippen molar-refractivity contribution < 1.29 is 9.47 Å². The Kier molecular flexibility index (Phi) is 7.39. The lowest BCUT2D eigenvalue weighted by atomic mass is 10.1. The smallest absolute Gasteiger partial charge is 0.330 e. The molecule has 0 aliphatic heterocycles. The van der Waals surface area contributed by atoms with Crippen molar-refractivity contribution in [2.24, 2.45) is 0 Å². The molecule has 0 amide bonds. The summed E-state index contributed by atoms with van der Waals surface area (Å²) in [6.45, 7) is 5.97. The van der Waals surface area contributed by atoms with Crippen LogP contribution < -0.4 is 11.2 Å². The van der Waals surface area contributed by atoms with Crippen LogP contribution in [0.5, 0.6) is 0 Å². The van der Waals surface area contributed by atoms with Gasteiger partial charge in [0.1, 0.15) is 0 Å². The van der Waals surface area contributed by atoms with Gasteiger partial charge in [0.2, 0.25) is 0 Å². The SMILES string of the molecule is COCCCn1cc(C(C)C)c(=O)n(CCCOC)c1=O. The molecule has 120 valence electrons. The van der Waals surface area contributed by atoms with Crippen molar-refractivity contribution in [3.05, 3.63) is 32.6 Å². The summed E-state index contributed by atoms with van der Waals surface area (Å²) < 4.78 is 12.9. The van der Waals surface area contributed by atoms with Gasteiger partial charge in [-0.1, -0.05) is 13.8 Å². The van der Waals surface area contributed by atoms with E-state index in [1.807, 2.05) is 13.8 Å². The number of ether oxygens (including phenoxy) is 2. The quantitative estimate of drug-likeness (QED) is 0.643. The van der Waals surface area contributed by atoms with Crippen LogP contribution in [0.4, 0.5) is 0 Å². The van der Waals surface area contributed by atoms with Crippen molar-refractivity contribution in [2.75, 3.05) is 27.4 Å². The van der Waals surface area contributed by atoms with Gasteiger partial charge in [-0.05, 0) is 18.8 Å². The third-order valence-corrected chi connectivity index (χ3v) is 3.36. The number of hydrogen-bond acceptors (Lipinski definition) is 4. The molecule has 0 fully saturated rings. The van der Waals surface area contributed by atoms with Crippen molar-refractivity contribution in [3.63, 3.8) is 0 Å². The average molecular weight is 298 g/mol. The van der Waals surface area contributed by atoms with Crippen LogP contribution in [0, 0.1) is 0 Å². The molecule has 1 heterocycles. The van der Waals surface area contributed by atoms with Crippen molar-refractivity contribution in [2.45, 2.75) is 45.7 Å². The van der Waals surface area contributed by atoms with Crippen LogP contribution >= 0.6 is 0 Å². The van der Waals surface area contributed by atoms with E-state index in [-0.39, 0.29) is 17.2 Å². The number of hydrogen-bond donors (Lipinski definition) is 0. The number of aromatic nitrogens is 2. The van der Waals surface area contributed by atoms with E-state index < -0.39 is 0 Å². The molecule has 0 aromatic carbocycles. The normalized spacial score (nSPS) is 11.3. The van der Waals surface area contributed by atoms with E-state index in [2.05, 4.69) is 0 Å². The Balaban J connectivity index is 3.13. The predicted molar refractivity (Wildman–Crippen MR) is 82.0 cm³/mol. The van der Waals surface area contributed by atoms with Crippen LogP contribution in [0.25, 0.3) is 0 Å². The van der Waals surface area contributed by atoms with Gasteiger partial charge in [-0.3, -0.25) is 9.36 Å². The van der Waals surface area contributed by atoms with Gasteiger partial charge < -0.3 is 14.0 Å². The molecule has 0 aliphatic carbocycles. The highest BCUT2D eigenvalue weighted by atomic mass is 16.5. The van der Waals surface area contributed by atoms with Crippen LogP contribution in [0.1, 0.15) is 38.2 Å². The van der Waals surface area contributed by atoms with E-state index in [0.29, 0.717) is 38.3 Å². The molecule has 0 atom stereocenters. The highest BCUT2D eigenvalue weighted by molar-refractivity contribution is 5.10. The molecule has 0 aliphatic rings. The Morgan fingerprint density at radius 1 is 1.05 bits per heavy atom. The number of nitrogens with zero attached hydrogens (tertiary/aromatic N) is 2. The van der Waals surface area contributed by atoms with Crippen LogP contribution in [0.2, 0.25) is 0 Å². The summed E-state index contributed by atoms with van der Waals surface area (Å²) in [4.78, 5) is 24.8. The Bertz CT molecular complexity index is 546.